The number of aromatic nitrogens is 2. The third-order valence-electron chi connectivity index (χ3n) is 3.04. The van der Waals surface area contributed by atoms with E-state index in [4.69, 9.17) is 10.5 Å². The molecule has 0 aromatic carbocycles. The molecular formula is C11H19N5O. The predicted octanol–water partition coefficient (Wildman–Crippen LogP) is -0.436. The normalized spacial score (nSPS) is 21.6. The minimum atomic E-state index is 0.265. The summed E-state index contributed by atoms with van der Waals surface area (Å²) in [6.45, 7) is 3.44. The van der Waals surface area contributed by atoms with Crippen LogP contribution in [0.5, 0.6) is 5.88 Å². The predicted molar refractivity (Wildman–Crippen MR) is 66.3 cm³/mol. The number of ether oxygens (including phenoxy) is 1. The molecule has 0 aliphatic carbocycles. The first-order chi connectivity index (χ1) is 8.24. The number of likely N-dealkylation sites (N-methyl/N-ethyl adjacent to an activating group) is 1. The van der Waals surface area contributed by atoms with Crippen molar-refractivity contribution in [2.24, 2.45) is 5.73 Å². The molecule has 0 spiro atoms. The maximum Gasteiger partial charge on any atom is 0.228 e. The molecule has 0 amide bonds. The van der Waals surface area contributed by atoms with E-state index in [1.54, 1.807) is 19.4 Å². The molecule has 1 fully saturated rings. The number of methoxy groups -OCH3 is 1. The SMILES string of the molecule is COc1ccnc(N2CCN(C)CC2CN)n1. The Labute approximate surface area is 101 Å². The van der Waals surface area contributed by atoms with Gasteiger partial charge in [0.2, 0.25) is 11.8 Å². The van der Waals surface area contributed by atoms with Gasteiger partial charge in [-0.05, 0) is 7.05 Å². The fourth-order valence-electron chi connectivity index (χ4n) is 2.06. The molecule has 0 bridgehead atoms. The number of nitrogens with two attached hydrogens (primary N) is 1. The Hall–Kier alpha value is -1.40. The highest BCUT2D eigenvalue weighted by Crippen LogP contribution is 2.17. The summed E-state index contributed by atoms with van der Waals surface area (Å²) >= 11 is 0. The number of hydrogen-bond acceptors (Lipinski definition) is 6. The topological polar surface area (TPSA) is 67.5 Å². The molecule has 0 radical (unpaired) electrons. The van der Waals surface area contributed by atoms with Gasteiger partial charge in [-0.3, -0.25) is 0 Å². The minimum Gasteiger partial charge on any atom is -0.481 e. The highest BCUT2D eigenvalue weighted by atomic mass is 16.5. The molecule has 2 rings (SSSR count). The first-order valence-corrected chi connectivity index (χ1v) is 5.77. The van der Waals surface area contributed by atoms with Crippen LogP contribution in [0.15, 0.2) is 12.3 Å². The van der Waals surface area contributed by atoms with Gasteiger partial charge in [-0.25, -0.2) is 4.98 Å². The van der Waals surface area contributed by atoms with Crippen molar-refractivity contribution >= 4 is 5.95 Å². The highest BCUT2D eigenvalue weighted by molar-refractivity contribution is 5.35. The molecule has 0 saturated carbocycles. The van der Waals surface area contributed by atoms with Gasteiger partial charge in [-0.15, -0.1) is 0 Å². The zero-order valence-corrected chi connectivity index (χ0v) is 10.3. The molecule has 94 valence electrons. The molecule has 1 aliphatic heterocycles. The van der Waals surface area contributed by atoms with Crippen LogP contribution in [0, 0.1) is 0 Å². The van der Waals surface area contributed by atoms with Gasteiger partial charge in [0.25, 0.3) is 0 Å². The second kappa shape index (κ2) is 5.29. The van der Waals surface area contributed by atoms with Crippen LogP contribution in [0.2, 0.25) is 0 Å². The van der Waals surface area contributed by atoms with E-state index in [1.165, 1.54) is 0 Å². The van der Waals surface area contributed by atoms with E-state index >= 15 is 0 Å². The Morgan fingerprint density at radius 2 is 2.35 bits per heavy atom. The van der Waals surface area contributed by atoms with Gasteiger partial charge >= 0.3 is 0 Å². The van der Waals surface area contributed by atoms with Crippen LogP contribution < -0.4 is 15.4 Å². The summed E-state index contributed by atoms with van der Waals surface area (Å²) in [7, 11) is 3.71. The first kappa shape index (κ1) is 12.1. The van der Waals surface area contributed by atoms with E-state index in [9.17, 15) is 0 Å². The van der Waals surface area contributed by atoms with Gasteiger partial charge in [-0.2, -0.15) is 4.98 Å². The maximum atomic E-state index is 5.81. The van der Waals surface area contributed by atoms with Crippen molar-refractivity contribution in [2.75, 3.05) is 45.2 Å². The van der Waals surface area contributed by atoms with Gasteiger partial charge in [0.15, 0.2) is 0 Å². The summed E-state index contributed by atoms with van der Waals surface area (Å²) in [6, 6.07) is 2.01. The average molecular weight is 237 g/mol. The van der Waals surface area contributed by atoms with Crippen molar-refractivity contribution in [1.29, 1.82) is 0 Å². The van der Waals surface area contributed by atoms with Crippen LogP contribution in [0.4, 0.5) is 5.95 Å². The van der Waals surface area contributed by atoms with Gasteiger partial charge in [-0.1, -0.05) is 0 Å². The number of nitrogens with zero attached hydrogens (tertiary/aromatic N) is 4. The quantitative estimate of drug-likeness (QED) is 0.769. The lowest BCUT2D eigenvalue weighted by Crippen LogP contribution is -2.55. The first-order valence-electron chi connectivity index (χ1n) is 5.77. The largest absolute Gasteiger partial charge is 0.481 e. The zero-order valence-electron chi connectivity index (χ0n) is 10.3. The molecule has 6 heteroatoms. The molecular weight excluding hydrogens is 218 g/mol. The molecule has 1 aromatic heterocycles. The van der Waals surface area contributed by atoms with Crippen LogP contribution in [-0.2, 0) is 0 Å². The molecule has 1 aromatic rings. The van der Waals surface area contributed by atoms with Gasteiger partial charge in [0, 0.05) is 38.4 Å². The van der Waals surface area contributed by atoms with Crippen molar-refractivity contribution in [3.63, 3.8) is 0 Å². The zero-order chi connectivity index (χ0) is 12.3. The van der Waals surface area contributed by atoms with E-state index in [-0.39, 0.29) is 6.04 Å². The lowest BCUT2D eigenvalue weighted by atomic mass is 10.2. The van der Waals surface area contributed by atoms with E-state index in [2.05, 4.69) is 26.8 Å². The maximum absolute atomic E-state index is 5.81. The Balaban J connectivity index is 2.19. The summed E-state index contributed by atoms with van der Waals surface area (Å²) in [5.74, 6) is 1.29. The fourth-order valence-corrected chi connectivity index (χ4v) is 2.06. The molecule has 17 heavy (non-hydrogen) atoms. The second-order valence-electron chi connectivity index (χ2n) is 4.24. The lowest BCUT2D eigenvalue weighted by Gasteiger charge is -2.39. The van der Waals surface area contributed by atoms with Crippen LogP contribution in [-0.4, -0.2) is 61.2 Å². The number of hydrogen-bond donors (Lipinski definition) is 1. The lowest BCUT2D eigenvalue weighted by molar-refractivity contribution is 0.267. The van der Waals surface area contributed by atoms with Crippen LogP contribution >= 0.6 is 0 Å². The molecule has 2 heterocycles. The van der Waals surface area contributed by atoms with Crippen LogP contribution in [0.3, 0.4) is 0 Å². The molecule has 1 saturated heterocycles. The van der Waals surface area contributed by atoms with Gasteiger partial charge < -0.3 is 20.3 Å². The van der Waals surface area contributed by atoms with Crippen LogP contribution in [0.25, 0.3) is 0 Å². The van der Waals surface area contributed by atoms with Crippen molar-refractivity contribution in [1.82, 2.24) is 14.9 Å². The van der Waals surface area contributed by atoms with Crippen LogP contribution in [0.1, 0.15) is 0 Å². The fraction of sp³-hybridized carbons (Fsp3) is 0.636. The highest BCUT2D eigenvalue weighted by Gasteiger charge is 2.26. The average Bonchev–Trinajstić information content (AvgIpc) is 2.38. The monoisotopic (exact) mass is 237 g/mol. The van der Waals surface area contributed by atoms with Crippen molar-refractivity contribution in [3.8, 4) is 5.88 Å². The van der Waals surface area contributed by atoms with Crippen molar-refractivity contribution < 1.29 is 4.74 Å². The molecule has 1 unspecified atom stereocenters. The Morgan fingerprint density at radius 1 is 1.53 bits per heavy atom. The van der Waals surface area contributed by atoms with Crippen molar-refractivity contribution in [3.05, 3.63) is 12.3 Å². The Bertz CT molecular complexity index is 373. The molecule has 6 nitrogen and oxygen atoms in total. The molecule has 2 N–H and O–H groups in total. The summed E-state index contributed by atoms with van der Waals surface area (Å²) in [5, 5.41) is 0. The number of rotatable bonds is 3. The van der Waals surface area contributed by atoms with E-state index in [1.807, 2.05) is 0 Å². The Morgan fingerprint density at radius 3 is 3.06 bits per heavy atom. The Kier molecular flexibility index (Phi) is 3.75. The minimum absolute atomic E-state index is 0.265. The number of piperazine rings is 1. The summed E-state index contributed by atoms with van der Waals surface area (Å²) in [6.07, 6.45) is 1.72. The summed E-state index contributed by atoms with van der Waals surface area (Å²) in [5.41, 5.74) is 5.81. The third kappa shape index (κ3) is 2.65. The number of anilines is 1. The van der Waals surface area contributed by atoms with E-state index < -0.39 is 0 Å². The summed E-state index contributed by atoms with van der Waals surface area (Å²) in [4.78, 5) is 13.1. The van der Waals surface area contributed by atoms with Gasteiger partial charge in [0.1, 0.15) is 0 Å². The third-order valence-corrected chi connectivity index (χ3v) is 3.04. The second-order valence-corrected chi connectivity index (χ2v) is 4.24. The van der Waals surface area contributed by atoms with E-state index in [0.717, 1.165) is 19.6 Å². The van der Waals surface area contributed by atoms with E-state index in [0.29, 0.717) is 18.4 Å². The molecule has 1 atom stereocenters. The van der Waals surface area contributed by atoms with Crippen molar-refractivity contribution in [2.45, 2.75) is 6.04 Å². The smallest absolute Gasteiger partial charge is 0.228 e. The van der Waals surface area contributed by atoms with Gasteiger partial charge in [0.05, 0.1) is 13.2 Å². The molecule has 1 aliphatic rings. The summed E-state index contributed by atoms with van der Waals surface area (Å²) < 4.78 is 5.12. The standard InChI is InChI=1S/C11H19N5O/c1-15-5-6-16(9(7-12)8-15)11-13-4-3-10(14-11)17-2/h3-4,9H,5-8,12H2,1-2H3.